The van der Waals surface area contributed by atoms with Gasteiger partial charge in [0.1, 0.15) is 0 Å². The van der Waals surface area contributed by atoms with Crippen molar-refractivity contribution in [3.05, 3.63) is 30.0 Å². The Morgan fingerprint density at radius 3 is 3.06 bits per heavy atom. The number of carbonyl (C=O) groups excluding carboxylic acids is 1. The molecule has 1 heterocycles. The minimum Gasteiger partial charge on any atom is -0.392 e. The van der Waals surface area contributed by atoms with Crippen LogP contribution in [-0.2, 0) is 0 Å². The van der Waals surface area contributed by atoms with Gasteiger partial charge < -0.3 is 10.0 Å². The standard InChI is InChI=1S/C12H15N3O2/c1-8(16)7-15(2)12(17)9-3-4-10-6-13-14-11(10)5-9/h3-6,8,16H,7H2,1-2H3,(H,13,14). The lowest BCUT2D eigenvalue weighted by Crippen LogP contribution is -2.32. The number of aromatic amines is 1. The number of nitrogens with zero attached hydrogens (tertiary/aromatic N) is 2. The molecule has 1 amide bonds. The van der Waals surface area contributed by atoms with Crippen LogP contribution in [0.4, 0.5) is 0 Å². The maximum Gasteiger partial charge on any atom is 0.253 e. The minimum atomic E-state index is -0.528. The second-order valence-corrected chi connectivity index (χ2v) is 4.21. The molecule has 0 spiro atoms. The number of H-pyrrole nitrogens is 1. The molecule has 1 aromatic heterocycles. The molecule has 5 heteroatoms. The second kappa shape index (κ2) is 4.55. The van der Waals surface area contributed by atoms with Gasteiger partial charge in [0.25, 0.3) is 5.91 Å². The number of hydrogen-bond donors (Lipinski definition) is 2. The molecule has 0 radical (unpaired) electrons. The summed E-state index contributed by atoms with van der Waals surface area (Å²) in [6.45, 7) is 1.97. The van der Waals surface area contributed by atoms with Gasteiger partial charge in [0, 0.05) is 24.5 Å². The summed E-state index contributed by atoms with van der Waals surface area (Å²) < 4.78 is 0. The van der Waals surface area contributed by atoms with E-state index < -0.39 is 6.10 Å². The molecule has 0 aliphatic heterocycles. The molecule has 0 saturated heterocycles. The molecular formula is C12H15N3O2. The molecule has 5 nitrogen and oxygen atoms in total. The molecule has 17 heavy (non-hydrogen) atoms. The van der Waals surface area contributed by atoms with Crippen LogP contribution in [0, 0.1) is 0 Å². The third-order valence-electron chi connectivity index (χ3n) is 2.57. The first-order valence-corrected chi connectivity index (χ1v) is 5.44. The van der Waals surface area contributed by atoms with Gasteiger partial charge in [-0.1, -0.05) is 6.07 Å². The third kappa shape index (κ3) is 2.45. The fourth-order valence-electron chi connectivity index (χ4n) is 1.77. The number of hydrogen-bond acceptors (Lipinski definition) is 3. The zero-order valence-electron chi connectivity index (χ0n) is 9.84. The molecule has 0 fully saturated rings. The van der Waals surface area contributed by atoms with E-state index in [0.29, 0.717) is 12.1 Å². The predicted molar refractivity (Wildman–Crippen MR) is 64.7 cm³/mol. The zero-order chi connectivity index (χ0) is 12.4. The summed E-state index contributed by atoms with van der Waals surface area (Å²) in [5.74, 6) is -0.109. The number of amides is 1. The van der Waals surface area contributed by atoms with Crippen molar-refractivity contribution in [2.24, 2.45) is 0 Å². The molecule has 0 saturated carbocycles. The third-order valence-corrected chi connectivity index (χ3v) is 2.57. The molecule has 2 rings (SSSR count). The van der Waals surface area contributed by atoms with E-state index in [4.69, 9.17) is 0 Å². The summed E-state index contributed by atoms with van der Waals surface area (Å²) in [5, 5.41) is 16.9. The summed E-state index contributed by atoms with van der Waals surface area (Å²) in [6.07, 6.45) is 1.18. The van der Waals surface area contributed by atoms with Crippen LogP contribution < -0.4 is 0 Å². The van der Waals surface area contributed by atoms with Crippen LogP contribution >= 0.6 is 0 Å². The molecule has 0 aliphatic rings. The molecule has 1 unspecified atom stereocenters. The Labute approximate surface area is 99.1 Å². The Kier molecular flexibility index (Phi) is 3.10. The van der Waals surface area contributed by atoms with Crippen LogP contribution in [0.1, 0.15) is 17.3 Å². The average Bonchev–Trinajstić information content (AvgIpc) is 2.73. The van der Waals surface area contributed by atoms with Crippen LogP contribution in [0.25, 0.3) is 10.9 Å². The SMILES string of the molecule is CC(O)CN(C)C(=O)c1ccc2cn[nH]c2c1. The minimum absolute atomic E-state index is 0.109. The average molecular weight is 233 g/mol. The molecule has 90 valence electrons. The van der Waals surface area contributed by atoms with E-state index in [2.05, 4.69) is 10.2 Å². The molecule has 2 aromatic rings. The smallest absolute Gasteiger partial charge is 0.253 e. The van der Waals surface area contributed by atoms with E-state index >= 15 is 0 Å². The highest BCUT2D eigenvalue weighted by atomic mass is 16.3. The van der Waals surface area contributed by atoms with E-state index in [1.54, 1.807) is 32.3 Å². The van der Waals surface area contributed by atoms with Gasteiger partial charge in [-0.05, 0) is 19.1 Å². The number of fused-ring (bicyclic) bond motifs is 1. The molecule has 1 atom stereocenters. The quantitative estimate of drug-likeness (QED) is 0.831. The van der Waals surface area contributed by atoms with E-state index in [0.717, 1.165) is 10.9 Å². The monoisotopic (exact) mass is 233 g/mol. The highest BCUT2D eigenvalue weighted by Gasteiger charge is 2.13. The van der Waals surface area contributed by atoms with Gasteiger partial charge in [0.15, 0.2) is 0 Å². The Hall–Kier alpha value is -1.88. The number of nitrogens with one attached hydrogen (secondary N) is 1. The highest BCUT2D eigenvalue weighted by molar-refractivity contribution is 5.97. The second-order valence-electron chi connectivity index (χ2n) is 4.21. The summed E-state index contributed by atoms with van der Waals surface area (Å²) >= 11 is 0. The fourth-order valence-corrected chi connectivity index (χ4v) is 1.77. The fraction of sp³-hybridized carbons (Fsp3) is 0.333. The Balaban J connectivity index is 2.23. The zero-order valence-corrected chi connectivity index (χ0v) is 9.84. The number of benzene rings is 1. The van der Waals surface area contributed by atoms with Gasteiger partial charge in [-0.2, -0.15) is 5.10 Å². The molecule has 2 N–H and O–H groups in total. The van der Waals surface area contributed by atoms with Gasteiger partial charge in [0.2, 0.25) is 0 Å². The molecule has 1 aromatic carbocycles. The van der Waals surface area contributed by atoms with Crippen molar-refractivity contribution in [1.82, 2.24) is 15.1 Å². The van der Waals surface area contributed by atoms with Crippen molar-refractivity contribution in [2.75, 3.05) is 13.6 Å². The maximum absolute atomic E-state index is 12.0. The topological polar surface area (TPSA) is 69.2 Å². The van der Waals surface area contributed by atoms with Crippen LogP contribution in [0.3, 0.4) is 0 Å². The van der Waals surface area contributed by atoms with Gasteiger partial charge >= 0.3 is 0 Å². The number of carbonyl (C=O) groups is 1. The maximum atomic E-state index is 12.0. The lowest BCUT2D eigenvalue weighted by atomic mass is 10.1. The lowest BCUT2D eigenvalue weighted by molar-refractivity contribution is 0.0704. The van der Waals surface area contributed by atoms with Crippen molar-refractivity contribution in [3.63, 3.8) is 0 Å². The molecule has 0 bridgehead atoms. The van der Waals surface area contributed by atoms with E-state index in [1.807, 2.05) is 6.07 Å². The van der Waals surface area contributed by atoms with Gasteiger partial charge in [-0.15, -0.1) is 0 Å². The lowest BCUT2D eigenvalue weighted by Gasteiger charge is -2.18. The first-order valence-electron chi connectivity index (χ1n) is 5.44. The van der Waals surface area contributed by atoms with E-state index in [9.17, 15) is 9.90 Å². The summed E-state index contributed by atoms with van der Waals surface area (Å²) in [7, 11) is 1.67. The first kappa shape index (κ1) is 11.6. The highest BCUT2D eigenvalue weighted by Crippen LogP contribution is 2.14. The van der Waals surface area contributed by atoms with Gasteiger partial charge in [-0.3, -0.25) is 9.89 Å². The van der Waals surface area contributed by atoms with Crippen molar-refractivity contribution >= 4 is 16.8 Å². The summed E-state index contributed by atoms with van der Waals surface area (Å²) in [4.78, 5) is 13.5. The molecule has 0 aliphatic carbocycles. The van der Waals surface area contributed by atoms with Gasteiger partial charge in [0.05, 0.1) is 17.8 Å². The van der Waals surface area contributed by atoms with Crippen LogP contribution in [-0.4, -0.2) is 45.8 Å². The van der Waals surface area contributed by atoms with Crippen LogP contribution in [0.5, 0.6) is 0 Å². The van der Waals surface area contributed by atoms with Crippen LogP contribution in [0.2, 0.25) is 0 Å². The predicted octanol–water partition coefficient (Wildman–Crippen LogP) is 1.02. The normalized spacial score (nSPS) is 12.6. The Morgan fingerprint density at radius 1 is 1.59 bits per heavy atom. The Bertz CT molecular complexity index is 533. The summed E-state index contributed by atoms with van der Waals surface area (Å²) in [5.41, 5.74) is 1.42. The largest absolute Gasteiger partial charge is 0.392 e. The van der Waals surface area contributed by atoms with Crippen molar-refractivity contribution in [1.29, 1.82) is 0 Å². The van der Waals surface area contributed by atoms with Crippen molar-refractivity contribution < 1.29 is 9.90 Å². The van der Waals surface area contributed by atoms with Gasteiger partial charge in [-0.25, -0.2) is 0 Å². The number of aromatic nitrogens is 2. The number of rotatable bonds is 3. The summed E-state index contributed by atoms with van der Waals surface area (Å²) in [6, 6.07) is 5.38. The van der Waals surface area contributed by atoms with E-state index in [1.165, 1.54) is 4.90 Å². The van der Waals surface area contributed by atoms with E-state index in [-0.39, 0.29) is 5.91 Å². The van der Waals surface area contributed by atoms with Crippen molar-refractivity contribution in [2.45, 2.75) is 13.0 Å². The number of aliphatic hydroxyl groups is 1. The molecular weight excluding hydrogens is 218 g/mol. The first-order chi connectivity index (χ1) is 8.08. The number of aliphatic hydroxyl groups excluding tert-OH is 1. The van der Waals surface area contributed by atoms with Crippen molar-refractivity contribution in [3.8, 4) is 0 Å². The van der Waals surface area contributed by atoms with Crippen LogP contribution in [0.15, 0.2) is 24.4 Å². The Morgan fingerprint density at radius 2 is 2.35 bits per heavy atom. The number of likely N-dealkylation sites (N-methyl/N-ethyl adjacent to an activating group) is 1.